The summed E-state index contributed by atoms with van der Waals surface area (Å²) in [6.45, 7) is 1.95. The predicted molar refractivity (Wildman–Crippen MR) is 105 cm³/mol. The standard InChI is InChI=1S/C20H24N4O.ClH/c1-13-8-9-21-20(22-13)15-2-4-16(5-3-15)24-19(25)12-14-10-17-6-7-18(11-14)23-17;/h2-5,8-9,14,17-18,23H,6-7,10-12H2,1H3,(H,24,25);1H. The molecule has 2 unspecified atom stereocenters. The minimum atomic E-state index is 0. The monoisotopic (exact) mass is 372 g/mol. The van der Waals surface area contributed by atoms with E-state index in [-0.39, 0.29) is 18.3 Å². The van der Waals surface area contributed by atoms with Gasteiger partial charge in [-0.05, 0) is 68.9 Å². The molecule has 2 bridgehead atoms. The number of halogens is 1. The SMILES string of the molecule is Cc1ccnc(-c2ccc(NC(=O)CC3CC4CCC(C3)N4)cc2)n1.Cl. The van der Waals surface area contributed by atoms with Crippen LogP contribution < -0.4 is 10.6 Å². The Labute approximate surface area is 160 Å². The number of aromatic nitrogens is 2. The second-order valence-corrected chi connectivity index (χ2v) is 7.33. The molecule has 0 saturated carbocycles. The smallest absolute Gasteiger partial charge is 0.224 e. The average Bonchev–Trinajstić information content (AvgIpc) is 2.94. The molecule has 6 heteroatoms. The first-order chi connectivity index (χ1) is 12.2. The molecule has 2 saturated heterocycles. The number of amides is 1. The van der Waals surface area contributed by atoms with Crippen LogP contribution >= 0.6 is 12.4 Å². The molecule has 3 heterocycles. The van der Waals surface area contributed by atoms with Gasteiger partial charge in [-0.25, -0.2) is 9.97 Å². The summed E-state index contributed by atoms with van der Waals surface area (Å²) in [6, 6.07) is 10.9. The molecule has 2 aromatic rings. The van der Waals surface area contributed by atoms with Crippen molar-refractivity contribution in [3.8, 4) is 11.4 Å². The molecule has 2 fully saturated rings. The molecule has 26 heavy (non-hydrogen) atoms. The topological polar surface area (TPSA) is 66.9 Å². The summed E-state index contributed by atoms with van der Waals surface area (Å²) in [6.07, 6.45) is 7.19. The lowest BCUT2D eigenvalue weighted by molar-refractivity contribution is -0.117. The number of carbonyl (C=O) groups is 1. The molecule has 2 aliphatic heterocycles. The van der Waals surface area contributed by atoms with Crippen LogP contribution in [0.5, 0.6) is 0 Å². The highest BCUT2D eigenvalue weighted by Gasteiger charge is 2.34. The summed E-state index contributed by atoms with van der Waals surface area (Å²) in [7, 11) is 0. The third kappa shape index (κ3) is 4.40. The van der Waals surface area contributed by atoms with E-state index in [0.717, 1.165) is 29.8 Å². The van der Waals surface area contributed by atoms with Gasteiger partial charge in [0.05, 0.1) is 0 Å². The lowest BCUT2D eigenvalue weighted by Crippen LogP contribution is -2.39. The van der Waals surface area contributed by atoms with Gasteiger partial charge < -0.3 is 10.6 Å². The van der Waals surface area contributed by atoms with Crippen LogP contribution in [-0.4, -0.2) is 28.0 Å². The molecular formula is C20H25ClN4O. The number of fused-ring (bicyclic) bond motifs is 2. The van der Waals surface area contributed by atoms with Gasteiger partial charge >= 0.3 is 0 Å². The molecule has 4 rings (SSSR count). The molecule has 0 radical (unpaired) electrons. The van der Waals surface area contributed by atoms with Gasteiger partial charge in [0.2, 0.25) is 5.91 Å². The maximum Gasteiger partial charge on any atom is 0.224 e. The molecule has 1 aromatic carbocycles. The summed E-state index contributed by atoms with van der Waals surface area (Å²) in [5.74, 6) is 1.34. The highest BCUT2D eigenvalue weighted by molar-refractivity contribution is 5.91. The Hall–Kier alpha value is -1.98. The molecule has 0 spiro atoms. The van der Waals surface area contributed by atoms with Crippen LogP contribution in [0.1, 0.15) is 37.8 Å². The summed E-state index contributed by atoms with van der Waals surface area (Å²) in [5, 5.41) is 6.65. The Morgan fingerprint density at radius 1 is 1.15 bits per heavy atom. The summed E-state index contributed by atoms with van der Waals surface area (Å²) in [5.41, 5.74) is 2.73. The fourth-order valence-electron chi connectivity index (χ4n) is 4.11. The van der Waals surface area contributed by atoms with E-state index in [9.17, 15) is 4.79 Å². The quantitative estimate of drug-likeness (QED) is 0.858. The third-order valence-electron chi connectivity index (χ3n) is 5.27. The highest BCUT2D eigenvalue weighted by Crippen LogP contribution is 2.32. The van der Waals surface area contributed by atoms with Crippen LogP contribution in [0.4, 0.5) is 5.69 Å². The Morgan fingerprint density at radius 2 is 1.85 bits per heavy atom. The molecule has 138 valence electrons. The van der Waals surface area contributed by atoms with Crippen LogP contribution in [0.2, 0.25) is 0 Å². The number of rotatable bonds is 4. The molecule has 2 aliphatic rings. The number of anilines is 1. The van der Waals surface area contributed by atoms with Crippen LogP contribution in [0.15, 0.2) is 36.5 Å². The Morgan fingerprint density at radius 3 is 2.50 bits per heavy atom. The number of hydrogen-bond acceptors (Lipinski definition) is 4. The van der Waals surface area contributed by atoms with E-state index in [1.807, 2.05) is 37.3 Å². The first kappa shape index (κ1) is 18.8. The minimum Gasteiger partial charge on any atom is -0.326 e. The first-order valence-corrected chi connectivity index (χ1v) is 9.12. The molecule has 1 amide bonds. The molecule has 5 nitrogen and oxygen atoms in total. The number of benzene rings is 1. The van der Waals surface area contributed by atoms with Gasteiger partial charge in [0.25, 0.3) is 0 Å². The van der Waals surface area contributed by atoms with Gasteiger partial charge in [0, 0.05) is 41.6 Å². The normalized spacial score (nSPS) is 24.0. The number of aryl methyl sites for hydroxylation is 1. The Bertz CT molecular complexity index is 753. The van der Waals surface area contributed by atoms with Gasteiger partial charge in [-0.2, -0.15) is 0 Å². The van der Waals surface area contributed by atoms with Crippen molar-refractivity contribution in [3.63, 3.8) is 0 Å². The van der Waals surface area contributed by atoms with Gasteiger partial charge in [-0.15, -0.1) is 12.4 Å². The van der Waals surface area contributed by atoms with Crippen molar-refractivity contribution < 1.29 is 4.79 Å². The van der Waals surface area contributed by atoms with Crippen molar-refractivity contribution in [2.75, 3.05) is 5.32 Å². The lowest BCUT2D eigenvalue weighted by Gasteiger charge is -2.28. The van der Waals surface area contributed by atoms with E-state index in [1.165, 1.54) is 12.8 Å². The van der Waals surface area contributed by atoms with Gasteiger partial charge in [0.15, 0.2) is 5.82 Å². The van der Waals surface area contributed by atoms with Crippen molar-refractivity contribution in [3.05, 3.63) is 42.2 Å². The summed E-state index contributed by atoms with van der Waals surface area (Å²) >= 11 is 0. The Kier molecular flexibility index (Phi) is 5.89. The average molecular weight is 373 g/mol. The van der Waals surface area contributed by atoms with E-state index in [4.69, 9.17) is 0 Å². The van der Waals surface area contributed by atoms with Gasteiger partial charge in [-0.3, -0.25) is 4.79 Å². The zero-order chi connectivity index (χ0) is 17.2. The van der Waals surface area contributed by atoms with E-state index >= 15 is 0 Å². The number of hydrogen-bond donors (Lipinski definition) is 2. The fourth-order valence-corrected chi connectivity index (χ4v) is 4.11. The van der Waals surface area contributed by atoms with E-state index < -0.39 is 0 Å². The number of nitrogens with one attached hydrogen (secondary N) is 2. The maximum absolute atomic E-state index is 12.4. The van der Waals surface area contributed by atoms with E-state index in [0.29, 0.717) is 30.2 Å². The first-order valence-electron chi connectivity index (χ1n) is 9.12. The Balaban J connectivity index is 0.00000196. The summed E-state index contributed by atoms with van der Waals surface area (Å²) in [4.78, 5) is 21.1. The van der Waals surface area contributed by atoms with Crippen LogP contribution in [-0.2, 0) is 4.79 Å². The number of carbonyl (C=O) groups excluding carboxylic acids is 1. The second kappa shape index (κ2) is 8.14. The minimum absolute atomic E-state index is 0. The van der Waals surface area contributed by atoms with Crippen molar-refractivity contribution in [2.24, 2.45) is 5.92 Å². The van der Waals surface area contributed by atoms with Crippen molar-refractivity contribution in [2.45, 2.75) is 51.1 Å². The van der Waals surface area contributed by atoms with Gasteiger partial charge in [0.1, 0.15) is 0 Å². The molecular weight excluding hydrogens is 348 g/mol. The van der Waals surface area contributed by atoms with Crippen LogP contribution in [0.3, 0.4) is 0 Å². The second-order valence-electron chi connectivity index (χ2n) is 7.33. The van der Waals surface area contributed by atoms with Crippen molar-refractivity contribution in [1.82, 2.24) is 15.3 Å². The van der Waals surface area contributed by atoms with Crippen LogP contribution in [0.25, 0.3) is 11.4 Å². The van der Waals surface area contributed by atoms with Crippen molar-refractivity contribution in [1.29, 1.82) is 0 Å². The van der Waals surface area contributed by atoms with Crippen molar-refractivity contribution >= 4 is 24.0 Å². The number of nitrogens with zero attached hydrogens (tertiary/aromatic N) is 2. The molecule has 2 atom stereocenters. The zero-order valence-corrected chi connectivity index (χ0v) is 15.8. The zero-order valence-electron chi connectivity index (χ0n) is 14.9. The molecule has 0 aliphatic carbocycles. The lowest BCUT2D eigenvalue weighted by atomic mass is 9.89. The summed E-state index contributed by atoms with van der Waals surface area (Å²) < 4.78 is 0. The number of piperidine rings is 1. The molecule has 1 aromatic heterocycles. The predicted octanol–water partition coefficient (Wildman–Crippen LogP) is 3.73. The van der Waals surface area contributed by atoms with Crippen LogP contribution in [0, 0.1) is 12.8 Å². The highest BCUT2D eigenvalue weighted by atomic mass is 35.5. The van der Waals surface area contributed by atoms with E-state index in [1.54, 1.807) is 6.20 Å². The fraction of sp³-hybridized carbons (Fsp3) is 0.450. The largest absolute Gasteiger partial charge is 0.326 e. The van der Waals surface area contributed by atoms with Gasteiger partial charge in [-0.1, -0.05) is 0 Å². The maximum atomic E-state index is 12.4. The molecule has 2 N–H and O–H groups in total. The third-order valence-corrected chi connectivity index (χ3v) is 5.27. The van der Waals surface area contributed by atoms with E-state index in [2.05, 4.69) is 20.6 Å².